The van der Waals surface area contributed by atoms with Crippen LogP contribution in [-0.2, 0) is 4.79 Å². The van der Waals surface area contributed by atoms with E-state index in [1.165, 1.54) is 5.56 Å². The number of aryl methyl sites for hydroxylation is 1. The number of hydrogen-bond donors (Lipinski definition) is 1. The topological polar surface area (TPSA) is 49.8 Å². The molecule has 0 spiro atoms. The van der Waals surface area contributed by atoms with Crippen LogP contribution in [0, 0.1) is 6.92 Å². The number of ether oxygens (including phenoxy) is 1. The van der Waals surface area contributed by atoms with Gasteiger partial charge in [0.05, 0.1) is 12.6 Å². The van der Waals surface area contributed by atoms with Crippen LogP contribution in [-0.4, -0.2) is 35.2 Å². The van der Waals surface area contributed by atoms with E-state index in [9.17, 15) is 9.90 Å². The number of nitrogens with zero attached hydrogens (tertiary/aromatic N) is 1. The minimum absolute atomic E-state index is 0.0791. The summed E-state index contributed by atoms with van der Waals surface area (Å²) in [5.41, 5.74) is 3.39. The van der Waals surface area contributed by atoms with Crippen LogP contribution in [0.1, 0.15) is 42.5 Å². The molecule has 0 saturated carbocycles. The maximum atomic E-state index is 11.7. The van der Waals surface area contributed by atoms with Gasteiger partial charge in [0, 0.05) is 6.54 Å². The maximum Gasteiger partial charge on any atom is 0.320 e. The molecular formula is C21H25NO3. The third-order valence-electron chi connectivity index (χ3n) is 4.79. The van der Waals surface area contributed by atoms with Crippen molar-refractivity contribution in [1.29, 1.82) is 0 Å². The number of carbonyl (C=O) groups is 1. The molecule has 2 unspecified atom stereocenters. The second-order valence-electron chi connectivity index (χ2n) is 6.55. The number of carboxylic acid groups (broad SMARTS) is 1. The van der Waals surface area contributed by atoms with Crippen molar-refractivity contribution in [3.05, 3.63) is 65.2 Å². The van der Waals surface area contributed by atoms with Crippen LogP contribution < -0.4 is 4.74 Å². The van der Waals surface area contributed by atoms with Crippen LogP contribution in [0.5, 0.6) is 5.75 Å². The summed E-state index contributed by atoms with van der Waals surface area (Å²) in [7, 11) is 0. The van der Waals surface area contributed by atoms with E-state index in [0.29, 0.717) is 13.0 Å². The Morgan fingerprint density at radius 3 is 2.68 bits per heavy atom. The predicted octanol–water partition coefficient (Wildman–Crippen LogP) is 4.03. The summed E-state index contributed by atoms with van der Waals surface area (Å²) in [6.45, 7) is 5.42. The molecule has 0 aromatic heterocycles. The number of benzene rings is 2. The van der Waals surface area contributed by atoms with Gasteiger partial charge >= 0.3 is 5.97 Å². The molecule has 1 saturated heterocycles. The summed E-state index contributed by atoms with van der Waals surface area (Å²) >= 11 is 0. The van der Waals surface area contributed by atoms with E-state index in [2.05, 4.69) is 42.2 Å². The van der Waals surface area contributed by atoms with E-state index in [0.717, 1.165) is 29.8 Å². The Kier molecular flexibility index (Phi) is 5.39. The summed E-state index contributed by atoms with van der Waals surface area (Å²) < 4.78 is 5.65. The lowest BCUT2D eigenvalue weighted by Crippen LogP contribution is -2.39. The molecule has 4 heteroatoms. The van der Waals surface area contributed by atoms with Crippen molar-refractivity contribution >= 4 is 5.97 Å². The molecule has 1 aliphatic heterocycles. The van der Waals surface area contributed by atoms with E-state index in [1.807, 2.05) is 25.1 Å². The van der Waals surface area contributed by atoms with Gasteiger partial charge in [0.25, 0.3) is 0 Å². The SMILES string of the molecule is CCOc1cccc(C(c2ccc(C)cc2)N2CCCC2C(=O)O)c1. The highest BCUT2D eigenvalue weighted by Gasteiger charge is 2.36. The lowest BCUT2D eigenvalue weighted by Gasteiger charge is -2.32. The highest BCUT2D eigenvalue weighted by atomic mass is 16.5. The van der Waals surface area contributed by atoms with Gasteiger partial charge in [-0.2, -0.15) is 0 Å². The van der Waals surface area contributed by atoms with Gasteiger partial charge in [-0.1, -0.05) is 42.0 Å². The Balaban J connectivity index is 2.04. The first-order chi connectivity index (χ1) is 12.1. The summed E-state index contributed by atoms with van der Waals surface area (Å²) in [5.74, 6) is 0.0822. The molecule has 1 heterocycles. The molecule has 3 rings (SSSR count). The summed E-state index contributed by atoms with van der Waals surface area (Å²) in [4.78, 5) is 13.8. The van der Waals surface area contributed by atoms with E-state index < -0.39 is 12.0 Å². The van der Waals surface area contributed by atoms with E-state index >= 15 is 0 Å². The van der Waals surface area contributed by atoms with Gasteiger partial charge in [-0.3, -0.25) is 9.69 Å². The average molecular weight is 339 g/mol. The Morgan fingerprint density at radius 2 is 2.00 bits per heavy atom. The number of carboxylic acids is 1. The number of rotatable bonds is 6. The van der Waals surface area contributed by atoms with Gasteiger partial charge < -0.3 is 9.84 Å². The first kappa shape index (κ1) is 17.5. The maximum absolute atomic E-state index is 11.7. The third kappa shape index (κ3) is 3.85. The summed E-state index contributed by atoms with van der Waals surface area (Å²) in [6, 6.07) is 15.9. The van der Waals surface area contributed by atoms with Crippen molar-refractivity contribution in [2.75, 3.05) is 13.2 Å². The molecule has 0 radical (unpaired) electrons. The smallest absolute Gasteiger partial charge is 0.320 e. The zero-order chi connectivity index (χ0) is 17.8. The van der Waals surface area contributed by atoms with Gasteiger partial charge in [0.1, 0.15) is 11.8 Å². The fourth-order valence-corrected chi connectivity index (χ4v) is 3.63. The van der Waals surface area contributed by atoms with Gasteiger partial charge in [-0.25, -0.2) is 0 Å². The molecule has 1 N–H and O–H groups in total. The Hall–Kier alpha value is -2.33. The Labute approximate surface area is 149 Å². The molecule has 25 heavy (non-hydrogen) atoms. The number of hydrogen-bond acceptors (Lipinski definition) is 3. The molecular weight excluding hydrogens is 314 g/mol. The highest BCUT2D eigenvalue weighted by Crippen LogP contribution is 2.36. The first-order valence-corrected chi connectivity index (χ1v) is 8.88. The molecule has 1 fully saturated rings. The van der Waals surface area contributed by atoms with Crippen LogP contribution >= 0.6 is 0 Å². The second-order valence-corrected chi connectivity index (χ2v) is 6.55. The lowest BCUT2D eigenvalue weighted by atomic mass is 9.95. The number of likely N-dealkylation sites (tertiary alicyclic amines) is 1. The van der Waals surface area contributed by atoms with Crippen LogP contribution in [0.4, 0.5) is 0 Å². The van der Waals surface area contributed by atoms with E-state index in [-0.39, 0.29) is 6.04 Å². The van der Waals surface area contributed by atoms with Crippen molar-refractivity contribution in [3.8, 4) is 5.75 Å². The minimum atomic E-state index is -0.740. The highest BCUT2D eigenvalue weighted by molar-refractivity contribution is 5.74. The average Bonchev–Trinajstić information content (AvgIpc) is 3.07. The predicted molar refractivity (Wildman–Crippen MR) is 98.0 cm³/mol. The fourth-order valence-electron chi connectivity index (χ4n) is 3.63. The van der Waals surface area contributed by atoms with Crippen molar-refractivity contribution in [1.82, 2.24) is 4.90 Å². The third-order valence-corrected chi connectivity index (χ3v) is 4.79. The van der Waals surface area contributed by atoms with E-state index in [1.54, 1.807) is 0 Å². The molecule has 0 bridgehead atoms. The van der Waals surface area contributed by atoms with Gasteiger partial charge in [0.15, 0.2) is 0 Å². The largest absolute Gasteiger partial charge is 0.494 e. The van der Waals surface area contributed by atoms with Gasteiger partial charge in [-0.05, 0) is 49.9 Å². The van der Waals surface area contributed by atoms with Crippen molar-refractivity contribution in [3.63, 3.8) is 0 Å². The van der Waals surface area contributed by atoms with E-state index in [4.69, 9.17) is 4.74 Å². The van der Waals surface area contributed by atoms with Crippen LogP contribution in [0.25, 0.3) is 0 Å². The summed E-state index contributed by atoms with van der Waals surface area (Å²) in [6.07, 6.45) is 1.60. The summed E-state index contributed by atoms with van der Waals surface area (Å²) in [5, 5.41) is 9.64. The standard InChI is InChI=1S/C21H25NO3/c1-3-25-18-7-4-6-17(14-18)20(16-11-9-15(2)10-12-16)22-13-5-8-19(22)21(23)24/h4,6-7,9-12,14,19-20H,3,5,8,13H2,1-2H3,(H,23,24). The quantitative estimate of drug-likeness (QED) is 0.863. The van der Waals surface area contributed by atoms with Gasteiger partial charge in [-0.15, -0.1) is 0 Å². The molecule has 1 aliphatic rings. The molecule has 132 valence electrons. The molecule has 2 atom stereocenters. The molecule has 4 nitrogen and oxygen atoms in total. The normalized spacial score (nSPS) is 18.9. The fraction of sp³-hybridized carbons (Fsp3) is 0.381. The van der Waals surface area contributed by atoms with Gasteiger partial charge in [0.2, 0.25) is 0 Å². The molecule has 0 amide bonds. The molecule has 2 aromatic rings. The lowest BCUT2D eigenvalue weighted by molar-refractivity contribution is -0.142. The first-order valence-electron chi connectivity index (χ1n) is 8.88. The Morgan fingerprint density at radius 1 is 1.24 bits per heavy atom. The van der Waals surface area contributed by atoms with Crippen LogP contribution in [0.2, 0.25) is 0 Å². The molecule has 0 aliphatic carbocycles. The minimum Gasteiger partial charge on any atom is -0.494 e. The zero-order valence-electron chi connectivity index (χ0n) is 14.8. The Bertz CT molecular complexity index is 726. The second kappa shape index (κ2) is 7.70. The van der Waals surface area contributed by atoms with Crippen LogP contribution in [0.3, 0.4) is 0 Å². The van der Waals surface area contributed by atoms with Crippen molar-refractivity contribution in [2.45, 2.75) is 38.8 Å². The number of aliphatic carboxylic acids is 1. The van der Waals surface area contributed by atoms with Crippen LogP contribution in [0.15, 0.2) is 48.5 Å². The molecule has 2 aromatic carbocycles. The zero-order valence-corrected chi connectivity index (χ0v) is 14.8. The van der Waals surface area contributed by atoms with Crippen molar-refractivity contribution < 1.29 is 14.6 Å². The van der Waals surface area contributed by atoms with Crippen molar-refractivity contribution in [2.24, 2.45) is 0 Å². The monoisotopic (exact) mass is 339 g/mol.